The van der Waals surface area contributed by atoms with Gasteiger partial charge in [-0.3, -0.25) is 19.3 Å². The zero-order valence-electron chi connectivity index (χ0n) is 16.4. The fraction of sp³-hybridized carbons (Fsp3) is 0.500. The Balaban J connectivity index is 1.49. The van der Waals surface area contributed by atoms with E-state index in [4.69, 9.17) is 9.47 Å². The van der Waals surface area contributed by atoms with Gasteiger partial charge in [-0.1, -0.05) is 6.92 Å². The van der Waals surface area contributed by atoms with E-state index >= 15 is 0 Å². The molecule has 0 unspecified atom stereocenters. The standard InChI is InChI=1S/C20H23N3O6/c1-11-3-5-20(6-4-11)18(26)23(19(27)22-20)9-17(25)21-14-8-16-15(28-10-29-16)7-13(14)12(2)24/h7-8,11H,3-6,9-10H2,1-2H3,(H,21,25)(H,22,27). The Morgan fingerprint density at radius 1 is 1.21 bits per heavy atom. The van der Waals surface area contributed by atoms with Crippen LogP contribution in [0.25, 0.3) is 0 Å². The summed E-state index contributed by atoms with van der Waals surface area (Å²) in [6.45, 7) is 3.11. The molecule has 154 valence electrons. The number of fused-ring (bicyclic) bond motifs is 1. The highest BCUT2D eigenvalue weighted by atomic mass is 16.7. The summed E-state index contributed by atoms with van der Waals surface area (Å²) in [7, 11) is 0. The number of anilines is 1. The molecule has 9 heteroatoms. The Morgan fingerprint density at radius 2 is 1.86 bits per heavy atom. The van der Waals surface area contributed by atoms with E-state index < -0.39 is 24.0 Å². The fourth-order valence-electron chi connectivity index (χ4n) is 4.08. The molecule has 1 saturated heterocycles. The molecule has 29 heavy (non-hydrogen) atoms. The van der Waals surface area contributed by atoms with Crippen molar-refractivity contribution in [2.75, 3.05) is 18.7 Å². The lowest BCUT2D eigenvalue weighted by atomic mass is 9.77. The number of carbonyl (C=O) groups is 4. The predicted molar refractivity (Wildman–Crippen MR) is 102 cm³/mol. The van der Waals surface area contributed by atoms with Gasteiger partial charge in [0, 0.05) is 11.6 Å². The van der Waals surface area contributed by atoms with Gasteiger partial charge in [-0.05, 0) is 44.6 Å². The largest absolute Gasteiger partial charge is 0.454 e. The first kappa shape index (κ1) is 19.2. The Bertz CT molecular complexity index is 904. The van der Waals surface area contributed by atoms with E-state index in [9.17, 15) is 19.2 Å². The number of rotatable bonds is 4. The van der Waals surface area contributed by atoms with Crippen LogP contribution in [0.1, 0.15) is 49.9 Å². The molecule has 4 rings (SSSR count). The van der Waals surface area contributed by atoms with E-state index in [0.717, 1.165) is 17.7 Å². The van der Waals surface area contributed by atoms with Gasteiger partial charge in [0.15, 0.2) is 17.3 Å². The Labute approximate surface area is 167 Å². The summed E-state index contributed by atoms with van der Waals surface area (Å²) in [4.78, 5) is 50.8. The Hall–Kier alpha value is -3.10. The van der Waals surface area contributed by atoms with Gasteiger partial charge < -0.3 is 20.1 Å². The number of amides is 4. The van der Waals surface area contributed by atoms with Gasteiger partial charge in [-0.25, -0.2) is 4.79 Å². The molecule has 2 aliphatic heterocycles. The molecule has 9 nitrogen and oxygen atoms in total. The number of ketones is 1. The van der Waals surface area contributed by atoms with Crippen molar-refractivity contribution in [1.29, 1.82) is 0 Å². The molecule has 0 aromatic heterocycles. The molecule has 4 amide bonds. The Kier molecular flexibility index (Phi) is 4.68. The molecule has 0 radical (unpaired) electrons. The molecule has 2 heterocycles. The molecule has 3 aliphatic rings. The summed E-state index contributed by atoms with van der Waals surface area (Å²) in [5.41, 5.74) is -0.384. The second kappa shape index (κ2) is 7.06. The second-order valence-electron chi connectivity index (χ2n) is 7.94. The molecule has 1 aliphatic carbocycles. The molecule has 2 N–H and O–H groups in total. The van der Waals surface area contributed by atoms with Gasteiger partial charge in [-0.2, -0.15) is 0 Å². The third kappa shape index (κ3) is 3.41. The number of benzene rings is 1. The van der Waals surface area contributed by atoms with Crippen molar-refractivity contribution in [3.05, 3.63) is 17.7 Å². The Morgan fingerprint density at radius 3 is 2.52 bits per heavy atom. The van der Waals surface area contributed by atoms with Crippen molar-refractivity contribution in [2.45, 2.75) is 45.1 Å². The topological polar surface area (TPSA) is 114 Å². The average Bonchev–Trinajstić information content (AvgIpc) is 3.21. The van der Waals surface area contributed by atoms with Gasteiger partial charge in [0.1, 0.15) is 12.1 Å². The maximum atomic E-state index is 12.9. The third-order valence-electron chi connectivity index (χ3n) is 5.84. The predicted octanol–water partition coefficient (Wildman–Crippen LogP) is 2.06. The van der Waals surface area contributed by atoms with Crippen LogP contribution in [-0.4, -0.2) is 47.4 Å². The SMILES string of the molecule is CC(=O)c1cc2c(cc1NC(=O)CN1C(=O)NC3(CCC(C)CC3)C1=O)OCO2. The van der Waals surface area contributed by atoms with Gasteiger partial charge in [-0.15, -0.1) is 0 Å². The average molecular weight is 401 g/mol. The van der Waals surface area contributed by atoms with E-state index in [1.807, 2.05) is 0 Å². The smallest absolute Gasteiger partial charge is 0.325 e. The van der Waals surface area contributed by atoms with Crippen LogP contribution in [0, 0.1) is 5.92 Å². The van der Waals surface area contributed by atoms with Crippen LogP contribution < -0.4 is 20.1 Å². The van der Waals surface area contributed by atoms with Crippen molar-refractivity contribution in [3.63, 3.8) is 0 Å². The summed E-state index contributed by atoms with van der Waals surface area (Å²) in [6, 6.07) is 2.45. The van der Waals surface area contributed by atoms with Crippen LogP contribution in [0.15, 0.2) is 12.1 Å². The molecule has 1 spiro atoms. The molecule has 1 aromatic carbocycles. The van der Waals surface area contributed by atoms with Crippen molar-refractivity contribution in [3.8, 4) is 11.5 Å². The monoisotopic (exact) mass is 401 g/mol. The summed E-state index contributed by atoms with van der Waals surface area (Å²) < 4.78 is 10.6. The minimum absolute atomic E-state index is 0.0349. The molecule has 1 aromatic rings. The van der Waals surface area contributed by atoms with E-state index in [0.29, 0.717) is 30.3 Å². The van der Waals surface area contributed by atoms with Gasteiger partial charge in [0.25, 0.3) is 5.91 Å². The highest BCUT2D eigenvalue weighted by molar-refractivity contribution is 6.11. The molecule has 0 bridgehead atoms. The summed E-state index contributed by atoms with van der Waals surface area (Å²) in [6.07, 6.45) is 2.86. The van der Waals surface area contributed by atoms with Crippen molar-refractivity contribution >= 4 is 29.3 Å². The quantitative estimate of drug-likeness (QED) is 0.590. The number of nitrogens with zero attached hydrogens (tertiary/aromatic N) is 1. The first-order chi connectivity index (χ1) is 13.8. The van der Waals surface area contributed by atoms with Crippen molar-refractivity contribution in [2.24, 2.45) is 5.92 Å². The number of hydrogen-bond donors (Lipinski definition) is 2. The highest BCUT2D eigenvalue weighted by Crippen LogP contribution is 2.38. The van der Waals surface area contributed by atoms with Gasteiger partial charge >= 0.3 is 6.03 Å². The summed E-state index contributed by atoms with van der Waals surface area (Å²) >= 11 is 0. The van der Waals surface area contributed by atoms with Crippen LogP contribution in [-0.2, 0) is 9.59 Å². The van der Waals surface area contributed by atoms with E-state index in [1.54, 1.807) is 0 Å². The summed E-state index contributed by atoms with van der Waals surface area (Å²) in [5.74, 6) is 0.159. The molecular weight excluding hydrogens is 378 g/mol. The molecule has 1 saturated carbocycles. The van der Waals surface area contributed by atoms with Crippen molar-refractivity contribution < 1.29 is 28.7 Å². The lowest BCUT2D eigenvalue weighted by molar-refractivity contribution is -0.135. The lowest BCUT2D eigenvalue weighted by Crippen LogP contribution is -2.49. The van der Waals surface area contributed by atoms with E-state index in [2.05, 4.69) is 17.6 Å². The zero-order chi connectivity index (χ0) is 20.8. The number of nitrogens with one attached hydrogen (secondary N) is 2. The van der Waals surface area contributed by atoms with Crippen LogP contribution in [0.2, 0.25) is 0 Å². The first-order valence-corrected chi connectivity index (χ1v) is 9.67. The lowest BCUT2D eigenvalue weighted by Gasteiger charge is -2.33. The third-order valence-corrected chi connectivity index (χ3v) is 5.84. The maximum absolute atomic E-state index is 12.9. The maximum Gasteiger partial charge on any atom is 0.325 e. The normalized spacial score (nSPS) is 25.3. The molecule has 0 atom stereocenters. The second-order valence-corrected chi connectivity index (χ2v) is 7.94. The van der Waals surface area contributed by atoms with Crippen LogP contribution in [0.5, 0.6) is 11.5 Å². The number of Topliss-reactive ketones (excluding diaryl/α,β-unsaturated/α-hetero) is 1. The van der Waals surface area contributed by atoms with Crippen molar-refractivity contribution in [1.82, 2.24) is 10.2 Å². The number of imide groups is 1. The minimum Gasteiger partial charge on any atom is -0.454 e. The van der Waals surface area contributed by atoms with Crippen LogP contribution in [0.4, 0.5) is 10.5 Å². The van der Waals surface area contributed by atoms with Crippen LogP contribution in [0.3, 0.4) is 0 Å². The number of carbonyl (C=O) groups excluding carboxylic acids is 4. The summed E-state index contributed by atoms with van der Waals surface area (Å²) in [5, 5.41) is 5.41. The van der Waals surface area contributed by atoms with E-state index in [1.165, 1.54) is 19.1 Å². The number of hydrogen-bond acceptors (Lipinski definition) is 6. The molecular formula is C20H23N3O6. The first-order valence-electron chi connectivity index (χ1n) is 9.67. The van der Waals surface area contributed by atoms with Crippen LogP contribution >= 0.6 is 0 Å². The number of urea groups is 1. The highest BCUT2D eigenvalue weighted by Gasteiger charge is 2.52. The minimum atomic E-state index is -0.896. The zero-order valence-corrected chi connectivity index (χ0v) is 16.4. The fourth-order valence-corrected chi connectivity index (χ4v) is 4.08. The van der Waals surface area contributed by atoms with E-state index in [-0.39, 0.29) is 29.7 Å². The number of ether oxygens (including phenoxy) is 2. The van der Waals surface area contributed by atoms with Gasteiger partial charge in [0.2, 0.25) is 12.7 Å². The molecule has 2 fully saturated rings. The van der Waals surface area contributed by atoms with Gasteiger partial charge in [0.05, 0.1) is 5.69 Å².